The molecular formula is C25H28F2N2O4S. The van der Waals surface area contributed by atoms with Crippen LogP contribution in [-0.2, 0) is 26.0 Å². The summed E-state index contributed by atoms with van der Waals surface area (Å²) in [6, 6.07) is 9.82. The number of benzene rings is 2. The van der Waals surface area contributed by atoms with Crippen molar-refractivity contribution < 1.29 is 26.7 Å². The summed E-state index contributed by atoms with van der Waals surface area (Å²) in [5.41, 5.74) is 2.14. The van der Waals surface area contributed by atoms with Crippen LogP contribution in [0.4, 0.5) is 8.78 Å². The number of hydrogen-bond acceptors (Lipinski definition) is 4. The maximum atomic E-state index is 15.7. The van der Waals surface area contributed by atoms with E-state index in [9.17, 15) is 17.6 Å². The summed E-state index contributed by atoms with van der Waals surface area (Å²) in [4.78, 5) is 14.8. The predicted octanol–water partition coefficient (Wildman–Crippen LogP) is 3.34. The Kier molecular flexibility index (Phi) is 5.98. The molecule has 1 saturated carbocycles. The Labute approximate surface area is 198 Å². The lowest BCUT2D eigenvalue weighted by atomic mass is 9.91. The SMILES string of the molecule is Cc1cccc(-c2cccc(C[C@H]3[C@@H](NS(=O)(=O)CF)C4(CC4)CN3C(=O)C3CCO3)c2F)c1. The maximum Gasteiger partial charge on any atom is 0.252 e. The second-order valence-corrected chi connectivity index (χ2v) is 11.4. The normalized spacial score (nSPS) is 25.4. The van der Waals surface area contributed by atoms with E-state index in [0.29, 0.717) is 30.7 Å². The lowest BCUT2D eigenvalue weighted by Gasteiger charge is -2.34. The Hall–Kier alpha value is -2.36. The van der Waals surface area contributed by atoms with Gasteiger partial charge in [0, 0.05) is 30.0 Å². The van der Waals surface area contributed by atoms with Crippen molar-refractivity contribution in [3.05, 3.63) is 59.4 Å². The number of hydrogen-bond donors (Lipinski definition) is 1. The van der Waals surface area contributed by atoms with Gasteiger partial charge in [-0.1, -0.05) is 48.0 Å². The molecule has 0 radical (unpaired) electrons. The zero-order valence-corrected chi connectivity index (χ0v) is 19.8. The minimum absolute atomic E-state index is 0.116. The van der Waals surface area contributed by atoms with Gasteiger partial charge in [0.25, 0.3) is 5.91 Å². The van der Waals surface area contributed by atoms with Crippen LogP contribution in [0.1, 0.15) is 30.4 Å². The van der Waals surface area contributed by atoms with Crippen LogP contribution in [0.15, 0.2) is 42.5 Å². The molecule has 0 aromatic heterocycles. The van der Waals surface area contributed by atoms with E-state index in [1.54, 1.807) is 23.1 Å². The lowest BCUT2D eigenvalue weighted by molar-refractivity contribution is -0.157. The van der Waals surface area contributed by atoms with E-state index in [4.69, 9.17) is 4.74 Å². The van der Waals surface area contributed by atoms with Gasteiger partial charge in [-0.2, -0.15) is 0 Å². The Morgan fingerprint density at radius 2 is 1.97 bits per heavy atom. The minimum Gasteiger partial charge on any atom is -0.368 e. The van der Waals surface area contributed by atoms with Gasteiger partial charge in [-0.05, 0) is 37.3 Å². The number of amides is 1. The van der Waals surface area contributed by atoms with Gasteiger partial charge in [-0.3, -0.25) is 4.79 Å². The number of aryl methyl sites for hydroxylation is 1. The first-order valence-corrected chi connectivity index (χ1v) is 13.2. The molecule has 2 aromatic carbocycles. The van der Waals surface area contributed by atoms with Crippen molar-refractivity contribution in [2.24, 2.45) is 5.41 Å². The van der Waals surface area contributed by atoms with Gasteiger partial charge in [0.1, 0.15) is 11.9 Å². The quantitative estimate of drug-likeness (QED) is 0.646. The van der Waals surface area contributed by atoms with E-state index < -0.39 is 45.4 Å². The number of likely N-dealkylation sites (tertiary alicyclic amines) is 1. The predicted molar refractivity (Wildman–Crippen MR) is 124 cm³/mol. The monoisotopic (exact) mass is 490 g/mol. The highest BCUT2D eigenvalue weighted by Crippen LogP contribution is 2.56. The van der Waals surface area contributed by atoms with Crippen LogP contribution in [0.3, 0.4) is 0 Å². The molecule has 1 amide bonds. The van der Waals surface area contributed by atoms with Crippen molar-refractivity contribution in [1.29, 1.82) is 0 Å². The maximum absolute atomic E-state index is 15.7. The first-order valence-electron chi connectivity index (χ1n) is 11.6. The van der Waals surface area contributed by atoms with Crippen molar-refractivity contribution in [3.8, 4) is 11.1 Å². The van der Waals surface area contributed by atoms with Gasteiger partial charge in [0.05, 0.1) is 12.6 Å². The second-order valence-electron chi connectivity index (χ2n) is 9.72. The van der Waals surface area contributed by atoms with Crippen LogP contribution >= 0.6 is 0 Å². The lowest BCUT2D eigenvalue weighted by Crippen LogP contribution is -2.53. The fourth-order valence-electron chi connectivity index (χ4n) is 5.28. The molecule has 1 spiro atoms. The standard InChI is InChI=1S/C25H28F2N2O4S/c1-16-4-2-5-17(12-16)19-7-3-6-18(22(19)27)13-20-23(28-34(31,32)15-26)25(9-10-25)14-29(20)24(30)21-8-11-33-21/h2-7,12,20-21,23,28H,8-11,13-15H2,1H3/t20-,21?,23+/m0/s1. The van der Waals surface area contributed by atoms with Gasteiger partial charge in [-0.15, -0.1) is 0 Å². The van der Waals surface area contributed by atoms with Crippen LogP contribution in [0.2, 0.25) is 0 Å². The summed E-state index contributed by atoms with van der Waals surface area (Å²) in [5, 5.41) is 0. The van der Waals surface area contributed by atoms with Gasteiger partial charge in [0.2, 0.25) is 16.0 Å². The molecular weight excluding hydrogens is 462 g/mol. The molecule has 1 N–H and O–H groups in total. The van der Waals surface area contributed by atoms with E-state index >= 15 is 4.39 Å². The highest BCUT2D eigenvalue weighted by atomic mass is 32.2. The average molecular weight is 491 g/mol. The Bertz CT molecular complexity index is 1210. The third kappa shape index (κ3) is 4.25. The van der Waals surface area contributed by atoms with Crippen molar-refractivity contribution >= 4 is 15.9 Å². The number of nitrogens with zero attached hydrogens (tertiary/aromatic N) is 1. The molecule has 2 heterocycles. The Balaban J connectivity index is 1.51. The van der Waals surface area contributed by atoms with Crippen LogP contribution < -0.4 is 4.72 Å². The Morgan fingerprint density at radius 3 is 2.59 bits per heavy atom. The molecule has 182 valence electrons. The molecule has 2 aromatic rings. The summed E-state index contributed by atoms with van der Waals surface area (Å²) >= 11 is 0. The molecule has 1 unspecified atom stereocenters. The number of carbonyl (C=O) groups is 1. The molecule has 3 atom stereocenters. The highest BCUT2D eigenvalue weighted by Gasteiger charge is 2.62. The number of ether oxygens (including phenoxy) is 1. The molecule has 1 aliphatic carbocycles. The molecule has 3 aliphatic rings. The van der Waals surface area contributed by atoms with E-state index in [2.05, 4.69) is 4.72 Å². The highest BCUT2D eigenvalue weighted by molar-refractivity contribution is 7.89. The van der Waals surface area contributed by atoms with Crippen molar-refractivity contribution in [2.75, 3.05) is 19.2 Å². The first-order chi connectivity index (χ1) is 16.2. The topological polar surface area (TPSA) is 75.7 Å². The van der Waals surface area contributed by atoms with Gasteiger partial charge in [-0.25, -0.2) is 21.9 Å². The van der Waals surface area contributed by atoms with E-state index in [0.717, 1.165) is 24.0 Å². The van der Waals surface area contributed by atoms with Gasteiger partial charge >= 0.3 is 0 Å². The van der Waals surface area contributed by atoms with Crippen molar-refractivity contribution in [2.45, 2.75) is 50.8 Å². The fraction of sp³-hybridized carbons (Fsp3) is 0.480. The number of alkyl halides is 1. The summed E-state index contributed by atoms with van der Waals surface area (Å²) in [6.45, 7) is 2.80. The smallest absolute Gasteiger partial charge is 0.252 e. The van der Waals surface area contributed by atoms with Crippen LogP contribution in [-0.4, -0.2) is 56.6 Å². The van der Waals surface area contributed by atoms with Gasteiger partial charge < -0.3 is 9.64 Å². The van der Waals surface area contributed by atoms with Crippen LogP contribution in [0.5, 0.6) is 0 Å². The number of rotatable bonds is 7. The summed E-state index contributed by atoms with van der Waals surface area (Å²) < 4.78 is 61.2. The van der Waals surface area contributed by atoms with Crippen molar-refractivity contribution in [3.63, 3.8) is 0 Å². The number of nitrogens with one attached hydrogen (secondary N) is 1. The van der Waals surface area contributed by atoms with E-state index in [1.807, 2.05) is 31.2 Å². The largest absolute Gasteiger partial charge is 0.368 e. The summed E-state index contributed by atoms with van der Waals surface area (Å²) in [7, 11) is -4.17. The van der Waals surface area contributed by atoms with Gasteiger partial charge in [0.15, 0.2) is 0 Å². The fourth-order valence-corrected chi connectivity index (χ4v) is 6.14. The van der Waals surface area contributed by atoms with Crippen molar-refractivity contribution in [1.82, 2.24) is 9.62 Å². The molecule has 2 aliphatic heterocycles. The third-order valence-corrected chi connectivity index (χ3v) is 8.27. The number of carbonyl (C=O) groups excluding carboxylic acids is 1. The zero-order valence-electron chi connectivity index (χ0n) is 19.0. The van der Waals surface area contributed by atoms with E-state index in [-0.39, 0.29) is 12.3 Å². The molecule has 6 nitrogen and oxygen atoms in total. The first kappa shape index (κ1) is 23.4. The molecule has 0 bridgehead atoms. The number of halogens is 2. The second kappa shape index (κ2) is 8.70. The third-order valence-electron chi connectivity index (χ3n) is 7.37. The molecule has 5 rings (SSSR count). The summed E-state index contributed by atoms with van der Waals surface area (Å²) in [5.74, 6) is -0.607. The minimum atomic E-state index is -4.17. The van der Waals surface area contributed by atoms with Crippen LogP contribution in [0.25, 0.3) is 11.1 Å². The molecule has 2 saturated heterocycles. The van der Waals surface area contributed by atoms with Crippen LogP contribution in [0, 0.1) is 18.2 Å². The molecule has 3 fully saturated rings. The zero-order chi connectivity index (χ0) is 24.1. The molecule has 9 heteroatoms. The average Bonchev–Trinajstić information content (AvgIpc) is 3.49. The molecule has 34 heavy (non-hydrogen) atoms. The Morgan fingerprint density at radius 1 is 1.24 bits per heavy atom. The number of sulfonamides is 1. The summed E-state index contributed by atoms with van der Waals surface area (Å²) in [6.07, 6.45) is 1.62. The van der Waals surface area contributed by atoms with E-state index in [1.165, 1.54) is 0 Å².